The summed E-state index contributed by atoms with van der Waals surface area (Å²) < 4.78 is 12.7. The van der Waals surface area contributed by atoms with Gasteiger partial charge in [0.15, 0.2) is 5.78 Å². The van der Waals surface area contributed by atoms with Gasteiger partial charge in [-0.2, -0.15) is 0 Å². The number of Topliss-reactive ketones (excluding diaryl/α,β-unsaturated/α-hetero) is 1. The van der Waals surface area contributed by atoms with Gasteiger partial charge >= 0.3 is 0 Å². The van der Waals surface area contributed by atoms with Gasteiger partial charge in [-0.05, 0) is 19.1 Å². The number of hydrogen-bond acceptors (Lipinski definition) is 2. The van der Waals surface area contributed by atoms with E-state index in [1.54, 1.807) is 0 Å². The molecular weight excluding hydrogens is 169 g/mol. The van der Waals surface area contributed by atoms with Crippen molar-refractivity contribution in [1.29, 1.82) is 0 Å². The van der Waals surface area contributed by atoms with E-state index in [0.29, 0.717) is 0 Å². The van der Waals surface area contributed by atoms with E-state index in [2.05, 4.69) is 0 Å². The van der Waals surface area contributed by atoms with Crippen molar-refractivity contribution in [2.75, 3.05) is 5.73 Å². The van der Waals surface area contributed by atoms with E-state index in [1.165, 1.54) is 25.1 Å². The van der Waals surface area contributed by atoms with Gasteiger partial charge < -0.3 is 5.73 Å². The molecule has 72 valence electrons. The van der Waals surface area contributed by atoms with Crippen molar-refractivity contribution in [2.24, 2.45) is 0 Å². The number of carbonyl (C=O) groups is 1. The van der Waals surface area contributed by atoms with Gasteiger partial charge in [-0.1, -0.05) is 19.9 Å². The van der Waals surface area contributed by atoms with Crippen molar-refractivity contribution in [3.63, 3.8) is 0 Å². The number of para-hydroxylation sites is 1. The topological polar surface area (TPSA) is 43.1 Å². The van der Waals surface area contributed by atoms with Gasteiger partial charge in [-0.3, -0.25) is 4.79 Å². The summed E-state index contributed by atoms with van der Waals surface area (Å²) in [5.74, 6) is -0.764. The van der Waals surface area contributed by atoms with Gasteiger partial charge in [0, 0.05) is 5.56 Å². The fourth-order valence-electron chi connectivity index (χ4n) is 0.844. The predicted molar refractivity (Wildman–Crippen MR) is 52.2 cm³/mol. The molecule has 1 aromatic rings. The minimum atomic E-state index is -0.544. The molecule has 3 heteroatoms. The Morgan fingerprint density at radius 3 is 2.31 bits per heavy atom. The second kappa shape index (κ2) is 5.30. The van der Waals surface area contributed by atoms with Crippen LogP contribution in [-0.2, 0) is 0 Å². The summed E-state index contributed by atoms with van der Waals surface area (Å²) in [4.78, 5) is 10.8. The number of benzene rings is 1. The van der Waals surface area contributed by atoms with Crippen LogP contribution in [0, 0.1) is 5.82 Å². The van der Waals surface area contributed by atoms with Gasteiger partial charge in [0.1, 0.15) is 5.82 Å². The lowest BCUT2D eigenvalue weighted by atomic mass is 10.1. The summed E-state index contributed by atoms with van der Waals surface area (Å²) in [6.07, 6.45) is 0. The van der Waals surface area contributed by atoms with Crippen LogP contribution in [0.1, 0.15) is 31.1 Å². The zero-order valence-corrected chi connectivity index (χ0v) is 8.10. The van der Waals surface area contributed by atoms with Crippen LogP contribution in [-0.4, -0.2) is 5.78 Å². The van der Waals surface area contributed by atoms with E-state index >= 15 is 0 Å². The van der Waals surface area contributed by atoms with Gasteiger partial charge in [-0.25, -0.2) is 4.39 Å². The number of nitrogen functional groups attached to an aromatic ring is 1. The zero-order valence-electron chi connectivity index (χ0n) is 8.10. The van der Waals surface area contributed by atoms with E-state index in [-0.39, 0.29) is 17.0 Å². The van der Waals surface area contributed by atoms with Crippen LogP contribution in [0.2, 0.25) is 0 Å². The summed E-state index contributed by atoms with van der Waals surface area (Å²) in [5.41, 5.74) is 5.46. The number of halogens is 1. The van der Waals surface area contributed by atoms with Crippen LogP contribution in [0.15, 0.2) is 18.2 Å². The molecule has 0 aliphatic carbocycles. The minimum absolute atomic E-state index is 0.0694. The fraction of sp³-hybridized carbons (Fsp3) is 0.300. The van der Waals surface area contributed by atoms with Crippen molar-refractivity contribution < 1.29 is 9.18 Å². The van der Waals surface area contributed by atoms with Crippen LogP contribution in [0.4, 0.5) is 10.1 Å². The molecule has 1 aromatic carbocycles. The Morgan fingerprint density at radius 2 is 1.92 bits per heavy atom. The van der Waals surface area contributed by atoms with Crippen molar-refractivity contribution in [2.45, 2.75) is 20.8 Å². The molecule has 1 rings (SSSR count). The number of anilines is 1. The Kier molecular flexibility index (Phi) is 4.74. The summed E-state index contributed by atoms with van der Waals surface area (Å²) in [6, 6.07) is 4.19. The van der Waals surface area contributed by atoms with Crippen LogP contribution in [0.25, 0.3) is 0 Å². The number of carbonyl (C=O) groups excluding carboxylic acids is 1. The number of rotatable bonds is 1. The van der Waals surface area contributed by atoms with Crippen molar-refractivity contribution in [3.8, 4) is 0 Å². The largest absolute Gasteiger partial charge is 0.396 e. The first-order valence-electron chi connectivity index (χ1n) is 4.18. The van der Waals surface area contributed by atoms with Crippen molar-refractivity contribution >= 4 is 11.5 Å². The Morgan fingerprint density at radius 1 is 1.38 bits per heavy atom. The lowest BCUT2D eigenvalue weighted by Gasteiger charge is -2.00. The van der Waals surface area contributed by atoms with Crippen LogP contribution in [0.5, 0.6) is 0 Å². The molecule has 0 atom stereocenters. The molecule has 0 amide bonds. The highest BCUT2D eigenvalue weighted by atomic mass is 19.1. The molecule has 13 heavy (non-hydrogen) atoms. The molecular formula is C10H14FNO. The summed E-state index contributed by atoms with van der Waals surface area (Å²) in [7, 11) is 0. The molecule has 0 aliphatic rings. The molecule has 0 aliphatic heterocycles. The highest BCUT2D eigenvalue weighted by molar-refractivity contribution is 5.99. The first kappa shape index (κ1) is 11.6. The number of nitrogens with two attached hydrogens (primary N) is 1. The van der Waals surface area contributed by atoms with E-state index < -0.39 is 5.82 Å². The summed E-state index contributed by atoms with van der Waals surface area (Å²) in [5, 5.41) is 0. The molecule has 0 aromatic heterocycles. The van der Waals surface area contributed by atoms with Crippen LogP contribution < -0.4 is 5.73 Å². The summed E-state index contributed by atoms with van der Waals surface area (Å²) in [6.45, 7) is 5.35. The lowest BCUT2D eigenvalue weighted by Crippen LogP contribution is -2.01. The Bertz CT molecular complexity index is 297. The third-order valence-electron chi connectivity index (χ3n) is 1.43. The molecule has 0 unspecified atom stereocenters. The van der Waals surface area contributed by atoms with Gasteiger partial charge in [0.25, 0.3) is 0 Å². The van der Waals surface area contributed by atoms with E-state index in [0.717, 1.165) is 0 Å². The van der Waals surface area contributed by atoms with E-state index in [4.69, 9.17) is 5.73 Å². The molecule has 0 radical (unpaired) electrons. The molecule has 0 spiro atoms. The van der Waals surface area contributed by atoms with E-state index in [9.17, 15) is 9.18 Å². The molecule has 0 heterocycles. The maximum atomic E-state index is 12.7. The lowest BCUT2D eigenvalue weighted by molar-refractivity contribution is 0.101. The van der Waals surface area contributed by atoms with Crippen molar-refractivity contribution in [1.82, 2.24) is 0 Å². The highest BCUT2D eigenvalue weighted by Crippen LogP contribution is 2.15. The smallest absolute Gasteiger partial charge is 0.161 e. The monoisotopic (exact) mass is 183 g/mol. The normalized spacial score (nSPS) is 8.62. The molecule has 0 fully saturated rings. The summed E-state index contributed by atoms with van der Waals surface area (Å²) >= 11 is 0. The van der Waals surface area contributed by atoms with Crippen LogP contribution >= 0.6 is 0 Å². The first-order valence-corrected chi connectivity index (χ1v) is 4.18. The molecule has 2 nitrogen and oxygen atoms in total. The number of ketones is 1. The SMILES string of the molecule is CC.CC(=O)c1cccc(F)c1N. The third kappa shape index (κ3) is 2.86. The van der Waals surface area contributed by atoms with Gasteiger partial charge in [0.05, 0.1) is 5.69 Å². The molecule has 0 saturated heterocycles. The Labute approximate surface area is 77.6 Å². The second-order valence-corrected chi connectivity index (χ2v) is 2.26. The molecule has 0 bridgehead atoms. The Hall–Kier alpha value is -1.38. The zero-order chi connectivity index (χ0) is 10.4. The maximum absolute atomic E-state index is 12.7. The Balaban J connectivity index is 0.000000671. The number of hydrogen-bond donors (Lipinski definition) is 1. The van der Waals surface area contributed by atoms with Gasteiger partial charge in [-0.15, -0.1) is 0 Å². The third-order valence-corrected chi connectivity index (χ3v) is 1.43. The second-order valence-electron chi connectivity index (χ2n) is 2.26. The average Bonchev–Trinajstić information content (AvgIpc) is 2.13. The average molecular weight is 183 g/mol. The molecule has 2 N–H and O–H groups in total. The fourth-order valence-corrected chi connectivity index (χ4v) is 0.844. The maximum Gasteiger partial charge on any atom is 0.161 e. The molecule has 0 saturated carbocycles. The van der Waals surface area contributed by atoms with Crippen molar-refractivity contribution in [3.05, 3.63) is 29.6 Å². The van der Waals surface area contributed by atoms with Crippen LogP contribution in [0.3, 0.4) is 0 Å². The van der Waals surface area contributed by atoms with Gasteiger partial charge in [0.2, 0.25) is 0 Å². The first-order chi connectivity index (χ1) is 6.13. The minimum Gasteiger partial charge on any atom is -0.396 e. The highest BCUT2D eigenvalue weighted by Gasteiger charge is 2.06. The quantitative estimate of drug-likeness (QED) is 0.537. The van der Waals surface area contributed by atoms with E-state index in [1.807, 2.05) is 13.8 Å². The predicted octanol–water partition coefficient (Wildman–Crippen LogP) is 2.64. The standard InChI is InChI=1S/C8H8FNO.C2H6/c1-5(11)6-3-2-4-7(9)8(6)10;1-2/h2-4H,10H2,1H3;1-2H3.